The fourth-order valence-corrected chi connectivity index (χ4v) is 2.51. The number of aryl methyl sites for hydroxylation is 1. The van der Waals surface area contributed by atoms with Gasteiger partial charge in [-0.3, -0.25) is 0 Å². The molecule has 2 unspecified atom stereocenters. The quantitative estimate of drug-likeness (QED) is 0.563. The Morgan fingerprint density at radius 3 is 2.54 bits per heavy atom. The second-order valence-electron chi connectivity index (χ2n) is 4.55. The highest BCUT2D eigenvalue weighted by molar-refractivity contribution is 5.45. The maximum atomic E-state index is 2.36. The first-order chi connectivity index (χ1) is 6.11. The minimum atomic E-state index is 0.759. The number of benzene rings is 1. The topological polar surface area (TPSA) is 0 Å². The Morgan fingerprint density at radius 2 is 1.85 bits per heavy atom. The third-order valence-corrected chi connectivity index (χ3v) is 3.73. The first-order valence-corrected chi connectivity index (χ1v) is 5.20. The monoisotopic (exact) mass is 174 g/mol. The Balaban J connectivity index is 2.59. The van der Waals surface area contributed by atoms with Crippen LogP contribution in [0.3, 0.4) is 0 Å². The number of rotatable bonds is 0. The molecular formula is C13H18. The molecule has 0 saturated heterocycles. The van der Waals surface area contributed by atoms with Crippen molar-refractivity contribution < 1.29 is 0 Å². The van der Waals surface area contributed by atoms with Crippen molar-refractivity contribution in [2.45, 2.75) is 40.0 Å². The van der Waals surface area contributed by atoms with Gasteiger partial charge in [0, 0.05) is 0 Å². The summed E-state index contributed by atoms with van der Waals surface area (Å²) in [5, 5.41) is 0. The summed E-state index contributed by atoms with van der Waals surface area (Å²) in [7, 11) is 0. The van der Waals surface area contributed by atoms with Crippen LogP contribution in [0.25, 0.3) is 0 Å². The van der Waals surface area contributed by atoms with Crippen LogP contribution < -0.4 is 0 Å². The van der Waals surface area contributed by atoms with E-state index >= 15 is 0 Å². The molecule has 0 heteroatoms. The fraction of sp³-hybridized carbons (Fsp3) is 0.538. The van der Waals surface area contributed by atoms with Crippen LogP contribution in [0.2, 0.25) is 0 Å². The second kappa shape index (κ2) is 2.87. The zero-order valence-electron chi connectivity index (χ0n) is 9.02. The van der Waals surface area contributed by atoms with Crippen LogP contribution in [0.4, 0.5) is 0 Å². The van der Waals surface area contributed by atoms with Crippen molar-refractivity contribution >= 4 is 0 Å². The van der Waals surface area contributed by atoms with E-state index in [0.29, 0.717) is 0 Å². The van der Waals surface area contributed by atoms with Crippen molar-refractivity contribution in [1.29, 1.82) is 0 Å². The third kappa shape index (κ3) is 1.20. The summed E-state index contributed by atoms with van der Waals surface area (Å²) in [6.45, 7) is 9.20. The van der Waals surface area contributed by atoms with Crippen LogP contribution >= 0.6 is 0 Å². The fourth-order valence-electron chi connectivity index (χ4n) is 2.51. The van der Waals surface area contributed by atoms with Gasteiger partial charge in [-0.05, 0) is 54.4 Å². The molecule has 0 amide bonds. The minimum Gasteiger partial charge on any atom is -0.0616 e. The van der Waals surface area contributed by atoms with Crippen molar-refractivity contribution in [3.63, 3.8) is 0 Å². The molecule has 2 rings (SSSR count). The van der Waals surface area contributed by atoms with Gasteiger partial charge in [-0.15, -0.1) is 0 Å². The van der Waals surface area contributed by atoms with Crippen LogP contribution in [0.15, 0.2) is 12.1 Å². The predicted octanol–water partition coefficient (Wildman–Crippen LogP) is 3.60. The Kier molecular flexibility index (Phi) is 1.94. The Morgan fingerprint density at radius 1 is 1.15 bits per heavy atom. The lowest BCUT2D eigenvalue weighted by molar-refractivity contribution is 0.531. The summed E-state index contributed by atoms with van der Waals surface area (Å²) in [5.74, 6) is 1.59. The highest BCUT2D eigenvalue weighted by Gasteiger charge is 2.27. The molecule has 0 spiro atoms. The summed E-state index contributed by atoms with van der Waals surface area (Å²) in [6.07, 6.45) is 1.28. The highest BCUT2D eigenvalue weighted by atomic mass is 14.3. The van der Waals surface area contributed by atoms with E-state index in [9.17, 15) is 0 Å². The normalized spacial score (nSPS) is 26.2. The van der Waals surface area contributed by atoms with E-state index in [0.717, 1.165) is 11.8 Å². The number of hydrogen-bond donors (Lipinski definition) is 0. The van der Waals surface area contributed by atoms with Gasteiger partial charge in [0.15, 0.2) is 0 Å². The van der Waals surface area contributed by atoms with Gasteiger partial charge in [-0.1, -0.05) is 26.0 Å². The average Bonchev–Trinajstić information content (AvgIpc) is 2.37. The molecule has 0 bridgehead atoms. The molecule has 0 fully saturated rings. The van der Waals surface area contributed by atoms with Gasteiger partial charge in [0.1, 0.15) is 0 Å². The number of hydrogen-bond acceptors (Lipinski definition) is 0. The molecule has 1 aliphatic carbocycles. The van der Waals surface area contributed by atoms with Crippen molar-refractivity contribution in [3.8, 4) is 0 Å². The number of fused-ring (bicyclic) bond motifs is 1. The molecule has 0 N–H and O–H groups in total. The molecule has 2 atom stereocenters. The summed E-state index contributed by atoms with van der Waals surface area (Å²) in [4.78, 5) is 0. The standard InChI is InChI=1S/C13H18/c1-8-5-6-12-7-9(2)11(4)13(12)10(8)3/h5-6,9,11H,7H2,1-4H3. The van der Waals surface area contributed by atoms with Crippen molar-refractivity contribution in [3.05, 3.63) is 34.4 Å². The molecule has 0 radical (unpaired) electrons. The molecular weight excluding hydrogens is 156 g/mol. The second-order valence-corrected chi connectivity index (χ2v) is 4.55. The van der Waals surface area contributed by atoms with E-state index in [4.69, 9.17) is 0 Å². The van der Waals surface area contributed by atoms with Gasteiger partial charge in [-0.2, -0.15) is 0 Å². The molecule has 0 saturated carbocycles. The summed E-state index contributed by atoms with van der Waals surface area (Å²) in [6, 6.07) is 4.58. The molecule has 1 aliphatic rings. The van der Waals surface area contributed by atoms with E-state index in [1.807, 2.05) is 0 Å². The van der Waals surface area contributed by atoms with E-state index < -0.39 is 0 Å². The van der Waals surface area contributed by atoms with Crippen LogP contribution in [0, 0.1) is 19.8 Å². The maximum Gasteiger partial charge on any atom is -0.0156 e. The largest absolute Gasteiger partial charge is 0.0616 e. The van der Waals surface area contributed by atoms with Gasteiger partial charge in [0.2, 0.25) is 0 Å². The smallest absolute Gasteiger partial charge is 0.0156 e. The molecule has 1 aromatic rings. The Hall–Kier alpha value is -0.780. The van der Waals surface area contributed by atoms with Crippen LogP contribution in [-0.4, -0.2) is 0 Å². The predicted molar refractivity (Wildman–Crippen MR) is 57.2 cm³/mol. The first-order valence-electron chi connectivity index (χ1n) is 5.20. The summed E-state index contributed by atoms with van der Waals surface area (Å²) in [5.41, 5.74) is 6.18. The van der Waals surface area contributed by atoms with Gasteiger partial charge < -0.3 is 0 Å². The molecule has 0 heterocycles. The molecule has 0 aromatic heterocycles. The van der Waals surface area contributed by atoms with Crippen LogP contribution in [0.1, 0.15) is 42.0 Å². The molecule has 13 heavy (non-hydrogen) atoms. The van der Waals surface area contributed by atoms with E-state index in [1.54, 1.807) is 11.1 Å². The summed E-state index contributed by atoms with van der Waals surface area (Å²) >= 11 is 0. The lowest BCUT2D eigenvalue weighted by Crippen LogP contribution is -1.99. The van der Waals surface area contributed by atoms with Crippen LogP contribution in [-0.2, 0) is 6.42 Å². The van der Waals surface area contributed by atoms with Gasteiger partial charge in [-0.25, -0.2) is 0 Å². The first kappa shape index (κ1) is 8.80. The summed E-state index contributed by atoms with van der Waals surface area (Å²) < 4.78 is 0. The molecule has 0 aliphatic heterocycles. The van der Waals surface area contributed by atoms with Gasteiger partial charge in [0.05, 0.1) is 0 Å². The lowest BCUT2D eigenvalue weighted by atomic mass is 9.92. The van der Waals surface area contributed by atoms with Crippen molar-refractivity contribution in [1.82, 2.24) is 0 Å². The molecule has 70 valence electrons. The third-order valence-electron chi connectivity index (χ3n) is 3.73. The Labute approximate surface area is 81.0 Å². The highest BCUT2D eigenvalue weighted by Crippen LogP contribution is 2.39. The maximum absolute atomic E-state index is 2.36. The molecule has 1 aromatic carbocycles. The average molecular weight is 174 g/mol. The zero-order chi connectivity index (χ0) is 9.59. The van der Waals surface area contributed by atoms with Crippen LogP contribution in [0.5, 0.6) is 0 Å². The van der Waals surface area contributed by atoms with E-state index in [2.05, 4.69) is 39.8 Å². The van der Waals surface area contributed by atoms with E-state index in [1.165, 1.54) is 17.5 Å². The molecule has 0 nitrogen and oxygen atoms in total. The Bertz CT molecular complexity index is 336. The van der Waals surface area contributed by atoms with Gasteiger partial charge in [0.25, 0.3) is 0 Å². The van der Waals surface area contributed by atoms with Crippen molar-refractivity contribution in [2.75, 3.05) is 0 Å². The van der Waals surface area contributed by atoms with Crippen molar-refractivity contribution in [2.24, 2.45) is 5.92 Å². The minimum absolute atomic E-state index is 0.759. The SMILES string of the molecule is Cc1ccc2c(c1C)C(C)C(C)C2. The van der Waals surface area contributed by atoms with E-state index in [-0.39, 0.29) is 0 Å². The zero-order valence-corrected chi connectivity index (χ0v) is 9.02. The lowest BCUT2D eigenvalue weighted by Gasteiger charge is -2.13. The van der Waals surface area contributed by atoms with Gasteiger partial charge >= 0.3 is 0 Å².